The molecule has 0 saturated carbocycles. The number of carbonyl (C=O) groups excluding carboxylic acids is 4. The number of H-pyrrole nitrogens is 2. The van der Waals surface area contributed by atoms with Crippen molar-refractivity contribution in [2.24, 2.45) is 0 Å². The van der Waals surface area contributed by atoms with Gasteiger partial charge in [-0.05, 0) is 65.7 Å². The van der Waals surface area contributed by atoms with Gasteiger partial charge in [0.25, 0.3) is 0 Å². The Labute approximate surface area is 233 Å². The lowest BCUT2D eigenvalue weighted by molar-refractivity contribution is 0.0585. The summed E-state index contributed by atoms with van der Waals surface area (Å²) in [6.07, 6.45) is 0. The molecule has 1 heterocycles. The number of hydrogen-bond acceptors (Lipinski definition) is 10. The monoisotopic (exact) mass is 561 g/mol. The van der Waals surface area contributed by atoms with Gasteiger partial charge in [0.2, 0.25) is 0 Å². The van der Waals surface area contributed by atoms with E-state index >= 15 is 0 Å². The van der Waals surface area contributed by atoms with Crippen LogP contribution in [0.5, 0.6) is 0 Å². The van der Waals surface area contributed by atoms with Crippen LogP contribution in [0.25, 0.3) is 11.0 Å². The Hall–Kier alpha value is -5.39. The van der Waals surface area contributed by atoms with Crippen molar-refractivity contribution in [1.82, 2.24) is 9.97 Å². The quantitative estimate of drug-likeness (QED) is 0.230. The van der Waals surface area contributed by atoms with Crippen molar-refractivity contribution in [2.75, 3.05) is 33.3 Å². The second-order valence-electron chi connectivity index (χ2n) is 8.88. The molecular formula is C29H27N3O9. The third kappa shape index (κ3) is 6.11. The van der Waals surface area contributed by atoms with E-state index < -0.39 is 23.9 Å². The normalized spacial score (nSPS) is 10.6. The van der Waals surface area contributed by atoms with Gasteiger partial charge >= 0.3 is 29.6 Å². The minimum absolute atomic E-state index is 0.0402. The molecule has 0 aliphatic rings. The van der Waals surface area contributed by atoms with Crippen molar-refractivity contribution in [3.63, 3.8) is 0 Å². The fourth-order valence-corrected chi connectivity index (χ4v) is 4.42. The zero-order chi connectivity index (χ0) is 29.7. The number of nitrogens with zero attached hydrogens (tertiary/aromatic N) is 1. The maximum atomic E-state index is 12.7. The van der Waals surface area contributed by atoms with Crippen molar-refractivity contribution in [2.45, 2.75) is 13.1 Å². The first kappa shape index (κ1) is 28.6. The largest absolute Gasteiger partial charge is 0.465 e. The van der Waals surface area contributed by atoms with Gasteiger partial charge in [0.1, 0.15) is 0 Å². The summed E-state index contributed by atoms with van der Waals surface area (Å²) in [6.45, 7) is 0.0803. The molecule has 0 spiro atoms. The average Bonchev–Trinajstić information content (AvgIpc) is 3.38. The van der Waals surface area contributed by atoms with E-state index in [9.17, 15) is 24.0 Å². The van der Waals surface area contributed by atoms with Crippen LogP contribution in [0.4, 0.5) is 5.69 Å². The molecule has 3 aromatic carbocycles. The van der Waals surface area contributed by atoms with Crippen LogP contribution in [0, 0.1) is 0 Å². The zero-order valence-corrected chi connectivity index (χ0v) is 22.7. The molecule has 2 N–H and O–H groups in total. The molecule has 41 heavy (non-hydrogen) atoms. The van der Waals surface area contributed by atoms with E-state index in [-0.39, 0.29) is 41.0 Å². The molecule has 0 aliphatic heterocycles. The number of carbonyl (C=O) groups is 4. The minimum Gasteiger partial charge on any atom is -0.465 e. The van der Waals surface area contributed by atoms with Crippen LogP contribution in [0.2, 0.25) is 0 Å². The number of esters is 4. The van der Waals surface area contributed by atoms with E-state index in [2.05, 4.69) is 9.97 Å². The molecule has 0 radical (unpaired) electrons. The predicted molar refractivity (Wildman–Crippen MR) is 147 cm³/mol. The average molecular weight is 562 g/mol. The lowest BCUT2D eigenvalue weighted by Crippen LogP contribution is -2.25. The molecule has 12 heteroatoms. The molecule has 0 aliphatic carbocycles. The highest BCUT2D eigenvalue weighted by Gasteiger charge is 2.22. The van der Waals surface area contributed by atoms with Crippen molar-refractivity contribution in [3.8, 4) is 0 Å². The van der Waals surface area contributed by atoms with Crippen molar-refractivity contribution in [3.05, 3.63) is 98.5 Å². The topological polar surface area (TPSA) is 157 Å². The van der Waals surface area contributed by atoms with Crippen molar-refractivity contribution in [1.29, 1.82) is 0 Å². The molecule has 0 fully saturated rings. The fourth-order valence-electron chi connectivity index (χ4n) is 4.42. The molecule has 4 aromatic rings. The number of fused-ring (bicyclic) bond motifs is 1. The highest BCUT2D eigenvalue weighted by Crippen LogP contribution is 2.27. The van der Waals surface area contributed by atoms with Gasteiger partial charge in [0, 0.05) is 18.8 Å². The van der Waals surface area contributed by atoms with Crippen LogP contribution in [-0.2, 0) is 32.0 Å². The first-order chi connectivity index (χ1) is 19.7. The van der Waals surface area contributed by atoms with Gasteiger partial charge in [-0.1, -0.05) is 0 Å². The Bertz CT molecular complexity index is 1620. The maximum absolute atomic E-state index is 12.7. The van der Waals surface area contributed by atoms with Crippen LogP contribution < -0.4 is 10.6 Å². The van der Waals surface area contributed by atoms with E-state index in [4.69, 9.17) is 18.9 Å². The Morgan fingerprint density at radius 3 is 1.54 bits per heavy atom. The number of aromatic amines is 2. The number of hydrogen-bond donors (Lipinski definition) is 2. The number of rotatable bonds is 9. The Morgan fingerprint density at radius 1 is 0.610 bits per heavy atom. The first-order valence-electron chi connectivity index (χ1n) is 12.2. The van der Waals surface area contributed by atoms with E-state index in [0.29, 0.717) is 27.8 Å². The summed E-state index contributed by atoms with van der Waals surface area (Å²) in [5.41, 5.74) is 2.97. The summed E-state index contributed by atoms with van der Waals surface area (Å²) in [7, 11) is 4.99. The molecular weight excluding hydrogens is 534 g/mol. The molecule has 0 atom stereocenters. The summed E-state index contributed by atoms with van der Waals surface area (Å²) >= 11 is 0. The van der Waals surface area contributed by atoms with Crippen LogP contribution >= 0.6 is 0 Å². The van der Waals surface area contributed by atoms with Crippen LogP contribution in [0.15, 0.2) is 59.4 Å². The summed E-state index contributed by atoms with van der Waals surface area (Å²) in [6, 6.07) is 14.1. The molecule has 4 rings (SSSR count). The molecule has 12 nitrogen and oxygen atoms in total. The van der Waals surface area contributed by atoms with Gasteiger partial charge in [0.05, 0.1) is 61.7 Å². The second kappa shape index (κ2) is 12.2. The smallest absolute Gasteiger partial charge is 0.338 e. The summed E-state index contributed by atoms with van der Waals surface area (Å²) in [4.78, 5) is 69.0. The minimum atomic E-state index is -0.621. The lowest BCUT2D eigenvalue weighted by Gasteiger charge is -2.27. The summed E-state index contributed by atoms with van der Waals surface area (Å²) in [5, 5.41) is 0. The Balaban J connectivity index is 1.89. The third-order valence-corrected chi connectivity index (χ3v) is 6.45. The van der Waals surface area contributed by atoms with Gasteiger partial charge in [0.15, 0.2) is 0 Å². The molecule has 0 bridgehead atoms. The highest BCUT2D eigenvalue weighted by molar-refractivity contribution is 5.96. The molecule has 0 saturated heterocycles. The SMILES string of the molecule is COC(=O)c1ccc(C(=O)OC)c(CN(Cc2cc(C(=O)OC)ccc2C(=O)OC)c2ccc3[nH]c(=O)[nH]c3c2)c1. The highest BCUT2D eigenvalue weighted by atomic mass is 16.5. The Kier molecular flexibility index (Phi) is 8.51. The second-order valence-corrected chi connectivity index (χ2v) is 8.88. The number of nitrogens with one attached hydrogen (secondary N) is 2. The zero-order valence-electron chi connectivity index (χ0n) is 22.7. The number of anilines is 1. The van der Waals surface area contributed by atoms with Crippen molar-refractivity contribution >= 4 is 40.6 Å². The first-order valence-corrected chi connectivity index (χ1v) is 12.2. The molecule has 212 valence electrons. The molecule has 0 amide bonds. The summed E-state index contributed by atoms with van der Waals surface area (Å²) < 4.78 is 19.6. The Morgan fingerprint density at radius 2 is 1.07 bits per heavy atom. The number of ether oxygens (including phenoxy) is 4. The van der Waals surface area contributed by atoms with Crippen LogP contribution in [0.3, 0.4) is 0 Å². The standard InChI is InChI=1S/C29H27N3O9/c1-38-25(33)16-5-8-21(27(35)40-3)18(11-16)14-32(20-7-10-23-24(13-20)31-29(37)30-23)15-19-12-17(26(34)39-2)6-9-22(19)28(36)41-4/h5-13H,14-15H2,1-4H3,(H2,30,31,37). The number of imidazole rings is 1. The van der Waals surface area contributed by atoms with E-state index in [1.165, 1.54) is 64.8 Å². The third-order valence-electron chi connectivity index (χ3n) is 6.45. The summed E-state index contributed by atoms with van der Waals surface area (Å²) in [5.74, 6) is -2.44. The van der Waals surface area contributed by atoms with Crippen LogP contribution in [0.1, 0.15) is 52.6 Å². The molecule has 1 aromatic heterocycles. The van der Waals surface area contributed by atoms with E-state index in [1.54, 1.807) is 23.1 Å². The van der Waals surface area contributed by atoms with Crippen LogP contribution in [-0.4, -0.2) is 62.3 Å². The van der Waals surface area contributed by atoms with Gasteiger partial charge in [-0.25, -0.2) is 24.0 Å². The molecule has 0 unspecified atom stereocenters. The van der Waals surface area contributed by atoms with Crippen molar-refractivity contribution < 1.29 is 38.1 Å². The predicted octanol–water partition coefficient (Wildman–Crippen LogP) is 3.21. The fraction of sp³-hybridized carbons (Fsp3) is 0.207. The van der Waals surface area contributed by atoms with Gasteiger partial charge < -0.3 is 33.8 Å². The van der Waals surface area contributed by atoms with Gasteiger partial charge in [-0.2, -0.15) is 0 Å². The number of benzene rings is 3. The lowest BCUT2D eigenvalue weighted by atomic mass is 10.0. The number of methoxy groups -OCH3 is 4. The van der Waals surface area contributed by atoms with E-state index in [0.717, 1.165) is 0 Å². The van der Waals surface area contributed by atoms with E-state index in [1.807, 2.05) is 0 Å². The van der Waals surface area contributed by atoms with Gasteiger partial charge in [-0.3, -0.25) is 0 Å². The maximum Gasteiger partial charge on any atom is 0.338 e. The van der Waals surface area contributed by atoms with Gasteiger partial charge in [-0.15, -0.1) is 0 Å². The number of aromatic nitrogens is 2.